The lowest BCUT2D eigenvalue weighted by Gasteiger charge is -2.19. The van der Waals surface area contributed by atoms with Crippen LogP contribution in [0.1, 0.15) is 37.5 Å². The Hall–Kier alpha value is -1.80. The van der Waals surface area contributed by atoms with Crippen molar-refractivity contribution in [3.63, 3.8) is 0 Å². The first-order valence-electron chi connectivity index (χ1n) is 7.45. The van der Waals surface area contributed by atoms with E-state index in [9.17, 15) is 0 Å². The van der Waals surface area contributed by atoms with Gasteiger partial charge in [0.1, 0.15) is 12.4 Å². The molecule has 2 heteroatoms. The molecule has 0 aliphatic rings. The molecular formula is C19H25NO. The van der Waals surface area contributed by atoms with E-state index in [1.165, 1.54) is 16.7 Å². The van der Waals surface area contributed by atoms with Gasteiger partial charge in [0.25, 0.3) is 0 Å². The van der Waals surface area contributed by atoms with Crippen molar-refractivity contribution in [2.24, 2.45) is 0 Å². The Balaban J connectivity index is 1.98. The largest absolute Gasteiger partial charge is 0.489 e. The smallest absolute Gasteiger partial charge is 0.120 e. The number of nitrogens with one attached hydrogen (secondary N) is 1. The lowest BCUT2D eigenvalue weighted by molar-refractivity contribution is 0.306. The van der Waals surface area contributed by atoms with E-state index in [0.29, 0.717) is 6.61 Å². The molecule has 1 N–H and O–H groups in total. The quantitative estimate of drug-likeness (QED) is 0.884. The van der Waals surface area contributed by atoms with E-state index in [2.05, 4.69) is 62.5 Å². The minimum atomic E-state index is 0.195. The standard InChI is InChI=1S/C19H25NO/c1-19(2,3)17-10-8-15(9-11-17)14-21-18-7-5-6-16(12-18)13-20-4/h5-12,20H,13-14H2,1-4H3. The monoisotopic (exact) mass is 283 g/mol. The maximum atomic E-state index is 5.88. The third-order valence-corrected chi connectivity index (χ3v) is 3.50. The molecule has 0 aliphatic heterocycles. The van der Waals surface area contributed by atoms with E-state index in [1.807, 2.05) is 19.2 Å². The maximum absolute atomic E-state index is 5.88. The van der Waals surface area contributed by atoms with Gasteiger partial charge >= 0.3 is 0 Å². The molecule has 0 unspecified atom stereocenters. The van der Waals surface area contributed by atoms with Crippen molar-refractivity contribution < 1.29 is 4.74 Å². The third kappa shape index (κ3) is 4.61. The SMILES string of the molecule is CNCc1cccc(OCc2ccc(C(C)(C)C)cc2)c1. The highest BCUT2D eigenvalue weighted by Crippen LogP contribution is 2.22. The molecule has 0 aliphatic carbocycles. The van der Waals surface area contributed by atoms with Crippen LogP contribution in [0.3, 0.4) is 0 Å². The van der Waals surface area contributed by atoms with E-state index in [-0.39, 0.29) is 5.41 Å². The van der Waals surface area contributed by atoms with Gasteiger partial charge in [0.05, 0.1) is 0 Å². The van der Waals surface area contributed by atoms with Crippen LogP contribution in [0, 0.1) is 0 Å². The Kier molecular flexibility index (Phi) is 5.03. The van der Waals surface area contributed by atoms with Crippen molar-refractivity contribution in [1.82, 2.24) is 5.32 Å². The zero-order valence-electron chi connectivity index (χ0n) is 13.4. The van der Waals surface area contributed by atoms with Gasteiger partial charge in [-0.15, -0.1) is 0 Å². The molecule has 2 aromatic rings. The molecule has 2 aromatic carbocycles. The van der Waals surface area contributed by atoms with Gasteiger partial charge in [0.15, 0.2) is 0 Å². The number of hydrogen-bond donors (Lipinski definition) is 1. The molecule has 0 heterocycles. The maximum Gasteiger partial charge on any atom is 0.120 e. The first-order valence-corrected chi connectivity index (χ1v) is 7.45. The molecule has 112 valence electrons. The van der Waals surface area contributed by atoms with Crippen molar-refractivity contribution in [2.75, 3.05) is 7.05 Å². The topological polar surface area (TPSA) is 21.3 Å². The van der Waals surface area contributed by atoms with Crippen LogP contribution in [0.5, 0.6) is 5.75 Å². The molecule has 0 bridgehead atoms. The molecule has 0 spiro atoms. The average molecular weight is 283 g/mol. The van der Waals surface area contributed by atoms with Crippen LogP contribution in [0.4, 0.5) is 0 Å². The fourth-order valence-corrected chi connectivity index (χ4v) is 2.22. The summed E-state index contributed by atoms with van der Waals surface area (Å²) in [5, 5.41) is 3.15. The average Bonchev–Trinajstić information content (AvgIpc) is 2.45. The Morgan fingerprint density at radius 3 is 2.29 bits per heavy atom. The third-order valence-electron chi connectivity index (χ3n) is 3.50. The minimum absolute atomic E-state index is 0.195. The van der Waals surface area contributed by atoms with Crippen molar-refractivity contribution >= 4 is 0 Å². The predicted molar refractivity (Wildman–Crippen MR) is 88.7 cm³/mol. The van der Waals surface area contributed by atoms with Crippen molar-refractivity contribution in [3.8, 4) is 5.75 Å². The van der Waals surface area contributed by atoms with E-state index >= 15 is 0 Å². The van der Waals surface area contributed by atoms with E-state index in [0.717, 1.165) is 12.3 Å². The van der Waals surface area contributed by atoms with Crippen LogP contribution in [0.2, 0.25) is 0 Å². The Labute approximate surface area is 128 Å². The lowest BCUT2D eigenvalue weighted by Crippen LogP contribution is -2.10. The molecule has 0 fully saturated rings. The summed E-state index contributed by atoms with van der Waals surface area (Å²) < 4.78 is 5.88. The second-order valence-electron chi connectivity index (χ2n) is 6.41. The van der Waals surface area contributed by atoms with Gasteiger partial charge in [0.2, 0.25) is 0 Å². The first kappa shape index (κ1) is 15.6. The summed E-state index contributed by atoms with van der Waals surface area (Å²) in [6.07, 6.45) is 0. The zero-order valence-corrected chi connectivity index (χ0v) is 13.4. The Morgan fingerprint density at radius 2 is 1.67 bits per heavy atom. The van der Waals surface area contributed by atoms with E-state index in [1.54, 1.807) is 0 Å². The number of rotatable bonds is 5. The molecule has 0 radical (unpaired) electrons. The summed E-state index contributed by atoms with van der Waals surface area (Å²) in [5.74, 6) is 0.919. The van der Waals surface area contributed by atoms with Crippen LogP contribution in [0.15, 0.2) is 48.5 Å². The molecule has 2 rings (SSSR count). The van der Waals surface area contributed by atoms with Crippen molar-refractivity contribution in [2.45, 2.75) is 39.3 Å². The zero-order chi connectivity index (χ0) is 15.3. The van der Waals surface area contributed by atoms with Crippen LogP contribution >= 0.6 is 0 Å². The van der Waals surface area contributed by atoms with E-state index < -0.39 is 0 Å². The highest BCUT2D eigenvalue weighted by atomic mass is 16.5. The van der Waals surface area contributed by atoms with Crippen molar-refractivity contribution in [3.05, 3.63) is 65.2 Å². The van der Waals surface area contributed by atoms with Crippen LogP contribution in [0.25, 0.3) is 0 Å². The summed E-state index contributed by atoms with van der Waals surface area (Å²) in [7, 11) is 1.95. The Bertz CT molecular complexity index is 567. The van der Waals surface area contributed by atoms with Gasteiger partial charge in [-0.1, -0.05) is 57.2 Å². The van der Waals surface area contributed by atoms with Crippen LogP contribution < -0.4 is 10.1 Å². The van der Waals surface area contributed by atoms with Gasteiger partial charge in [0, 0.05) is 6.54 Å². The van der Waals surface area contributed by atoms with Gasteiger partial charge in [-0.3, -0.25) is 0 Å². The molecule has 0 saturated carbocycles. The first-order chi connectivity index (χ1) is 9.99. The summed E-state index contributed by atoms with van der Waals surface area (Å²) in [5.41, 5.74) is 3.98. The minimum Gasteiger partial charge on any atom is -0.489 e. The van der Waals surface area contributed by atoms with E-state index in [4.69, 9.17) is 4.74 Å². The summed E-state index contributed by atoms with van der Waals surface area (Å²) in [6, 6.07) is 16.9. The fourth-order valence-electron chi connectivity index (χ4n) is 2.22. The summed E-state index contributed by atoms with van der Waals surface area (Å²) in [6.45, 7) is 8.15. The van der Waals surface area contributed by atoms with Crippen LogP contribution in [-0.4, -0.2) is 7.05 Å². The molecule has 0 atom stereocenters. The van der Waals surface area contributed by atoms with Crippen molar-refractivity contribution in [1.29, 1.82) is 0 Å². The van der Waals surface area contributed by atoms with Gasteiger partial charge in [-0.25, -0.2) is 0 Å². The predicted octanol–water partition coefficient (Wildman–Crippen LogP) is 4.28. The van der Waals surface area contributed by atoms with Gasteiger partial charge < -0.3 is 10.1 Å². The van der Waals surface area contributed by atoms with Gasteiger partial charge in [-0.05, 0) is 41.3 Å². The number of benzene rings is 2. The van der Waals surface area contributed by atoms with Gasteiger partial charge in [-0.2, -0.15) is 0 Å². The lowest BCUT2D eigenvalue weighted by atomic mass is 9.87. The second kappa shape index (κ2) is 6.77. The highest BCUT2D eigenvalue weighted by molar-refractivity contribution is 5.30. The summed E-state index contributed by atoms with van der Waals surface area (Å²) in [4.78, 5) is 0. The van der Waals surface area contributed by atoms with Crippen LogP contribution in [-0.2, 0) is 18.6 Å². The number of ether oxygens (including phenoxy) is 1. The molecule has 0 saturated heterocycles. The number of hydrogen-bond acceptors (Lipinski definition) is 2. The Morgan fingerprint density at radius 1 is 0.952 bits per heavy atom. The highest BCUT2D eigenvalue weighted by Gasteiger charge is 2.12. The normalized spacial score (nSPS) is 11.4. The fraction of sp³-hybridized carbons (Fsp3) is 0.368. The molecular weight excluding hydrogens is 258 g/mol. The summed E-state index contributed by atoms with van der Waals surface area (Å²) >= 11 is 0. The second-order valence-corrected chi connectivity index (χ2v) is 6.41. The molecule has 21 heavy (non-hydrogen) atoms. The molecule has 2 nitrogen and oxygen atoms in total. The molecule has 0 aromatic heterocycles. The molecule has 0 amide bonds.